The van der Waals surface area contributed by atoms with E-state index in [1.54, 1.807) is 0 Å². The molecule has 2 unspecified atom stereocenters. The maximum atomic E-state index is 13.1. The van der Waals surface area contributed by atoms with Gasteiger partial charge >= 0.3 is 0 Å². The van der Waals surface area contributed by atoms with Crippen LogP contribution in [0.25, 0.3) is 0 Å². The third kappa shape index (κ3) is 5.36. The number of benzene rings is 1. The number of rotatable bonds is 9. The van der Waals surface area contributed by atoms with Gasteiger partial charge in [-0.25, -0.2) is 0 Å². The first-order valence-corrected chi connectivity index (χ1v) is 11.4. The van der Waals surface area contributed by atoms with Crippen molar-refractivity contribution in [3.05, 3.63) is 48.2 Å². The molecule has 0 spiro atoms. The lowest BCUT2D eigenvalue weighted by Crippen LogP contribution is -2.36. The molecule has 1 amide bonds. The minimum atomic E-state index is -0.329. The molecule has 2 heterocycles. The van der Waals surface area contributed by atoms with Crippen molar-refractivity contribution >= 4 is 17.3 Å². The Morgan fingerprint density at radius 3 is 2.75 bits per heavy atom. The maximum Gasteiger partial charge on any atom is 0.259 e. The summed E-state index contributed by atoms with van der Waals surface area (Å²) in [5.74, 6) is 0.120. The number of nitrogens with one attached hydrogen (secondary N) is 1. The SMILES string of the molecule is C=C1Nc2c(O)cc(O)cc2N(CC2OC2(C)CC/C=C(\C)CCCC(C)C)C(=O)C1=C. The topological polar surface area (TPSA) is 85.3 Å². The van der Waals surface area contributed by atoms with Gasteiger partial charge in [0, 0.05) is 17.8 Å². The van der Waals surface area contributed by atoms with Crippen LogP contribution in [-0.2, 0) is 9.53 Å². The second-order valence-electron chi connectivity index (χ2n) is 9.65. The van der Waals surface area contributed by atoms with E-state index >= 15 is 0 Å². The van der Waals surface area contributed by atoms with Gasteiger partial charge in [0.15, 0.2) is 0 Å². The summed E-state index contributed by atoms with van der Waals surface area (Å²) in [5, 5.41) is 23.3. The fraction of sp³-hybridized carbons (Fsp3) is 0.500. The summed E-state index contributed by atoms with van der Waals surface area (Å²) in [6, 6.07) is 2.68. The summed E-state index contributed by atoms with van der Waals surface area (Å²) in [7, 11) is 0. The molecule has 1 aromatic carbocycles. The predicted octanol–water partition coefficient (Wildman–Crippen LogP) is 5.64. The van der Waals surface area contributed by atoms with Gasteiger partial charge < -0.3 is 25.2 Å². The molecule has 1 aromatic rings. The number of phenolic OH excluding ortho intramolecular Hbond substituents is 2. The molecular formula is C26H36N2O4. The zero-order valence-corrected chi connectivity index (χ0v) is 19.7. The van der Waals surface area contributed by atoms with Crippen LogP contribution in [0.1, 0.15) is 59.8 Å². The fourth-order valence-corrected chi connectivity index (χ4v) is 4.15. The van der Waals surface area contributed by atoms with Crippen molar-refractivity contribution < 1.29 is 19.7 Å². The van der Waals surface area contributed by atoms with Crippen LogP contribution in [0.4, 0.5) is 11.4 Å². The number of nitrogens with zero attached hydrogens (tertiary/aromatic N) is 1. The standard InChI is InChI=1S/C26H36N2O4/c1-16(2)9-7-10-17(3)11-8-12-26(6)23(32-26)15-28-21-13-20(29)14-22(30)24(21)27-19(5)18(4)25(28)31/h11,13-14,16,23,27,29-30H,4-5,7-10,12,15H2,1-3,6H3/b17-11+. The summed E-state index contributed by atoms with van der Waals surface area (Å²) in [6.45, 7) is 16.7. The van der Waals surface area contributed by atoms with Crippen molar-refractivity contribution in [1.29, 1.82) is 0 Å². The van der Waals surface area contributed by atoms with Gasteiger partial charge in [-0.3, -0.25) is 4.79 Å². The first-order valence-electron chi connectivity index (χ1n) is 11.4. The highest BCUT2D eigenvalue weighted by Crippen LogP contribution is 2.46. The summed E-state index contributed by atoms with van der Waals surface area (Å²) < 4.78 is 6.01. The minimum Gasteiger partial charge on any atom is -0.508 e. The van der Waals surface area contributed by atoms with Gasteiger partial charge in [-0.15, -0.1) is 0 Å². The lowest BCUT2D eigenvalue weighted by molar-refractivity contribution is -0.114. The molecule has 1 saturated heterocycles. The number of ether oxygens (including phenoxy) is 1. The van der Waals surface area contributed by atoms with E-state index in [1.807, 2.05) is 0 Å². The van der Waals surface area contributed by atoms with Crippen LogP contribution >= 0.6 is 0 Å². The Morgan fingerprint density at radius 2 is 2.06 bits per heavy atom. The highest BCUT2D eigenvalue weighted by molar-refractivity contribution is 6.12. The molecule has 32 heavy (non-hydrogen) atoms. The first-order chi connectivity index (χ1) is 15.0. The average molecular weight is 441 g/mol. The number of hydrogen-bond acceptors (Lipinski definition) is 5. The molecule has 0 saturated carbocycles. The van der Waals surface area contributed by atoms with E-state index < -0.39 is 0 Å². The third-order valence-corrected chi connectivity index (χ3v) is 6.39. The van der Waals surface area contributed by atoms with Crippen molar-refractivity contribution in [2.24, 2.45) is 5.92 Å². The number of aromatic hydroxyl groups is 2. The molecule has 0 bridgehead atoms. The van der Waals surface area contributed by atoms with Gasteiger partial charge in [0.25, 0.3) is 5.91 Å². The molecule has 0 aliphatic carbocycles. The van der Waals surface area contributed by atoms with Crippen molar-refractivity contribution in [2.75, 3.05) is 16.8 Å². The number of phenols is 2. The highest BCUT2D eigenvalue weighted by Gasteiger charge is 2.53. The number of epoxide rings is 1. The Balaban J connectivity index is 1.66. The molecule has 3 rings (SSSR count). The van der Waals surface area contributed by atoms with Crippen LogP contribution in [0, 0.1) is 5.92 Å². The van der Waals surface area contributed by atoms with Crippen LogP contribution in [-0.4, -0.2) is 34.4 Å². The van der Waals surface area contributed by atoms with Crippen LogP contribution in [0.3, 0.4) is 0 Å². The van der Waals surface area contributed by atoms with E-state index in [2.05, 4.69) is 52.2 Å². The van der Waals surface area contributed by atoms with E-state index in [4.69, 9.17) is 4.74 Å². The normalized spacial score (nSPS) is 23.3. The van der Waals surface area contributed by atoms with Crippen molar-refractivity contribution in [3.8, 4) is 11.5 Å². The lowest BCUT2D eigenvalue weighted by Gasteiger charge is -2.23. The Labute approximate surface area is 191 Å². The number of hydrogen-bond donors (Lipinski definition) is 3. The number of fused-ring (bicyclic) bond motifs is 1. The summed E-state index contributed by atoms with van der Waals surface area (Å²) in [6.07, 6.45) is 7.54. The van der Waals surface area contributed by atoms with Gasteiger partial charge in [-0.2, -0.15) is 0 Å². The zero-order chi connectivity index (χ0) is 23.6. The van der Waals surface area contributed by atoms with E-state index in [0.717, 1.165) is 25.2 Å². The van der Waals surface area contributed by atoms with E-state index in [0.29, 0.717) is 23.6 Å². The number of allylic oxidation sites excluding steroid dienone is 2. The number of anilines is 2. The number of carbonyl (C=O) groups excluding carboxylic acids is 1. The molecule has 2 aliphatic rings. The molecule has 0 radical (unpaired) electrons. The largest absolute Gasteiger partial charge is 0.508 e. The van der Waals surface area contributed by atoms with Gasteiger partial charge in [0.2, 0.25) is 0 Å². The number of amides is 1. The number of carbonyl (C=O) groups is 1. The maximum absolute atomic E-state index is 13.1. The molecule has 2 aliphatic heterocycles. The van der Waals surface area contributed by atoms with Crippen LogP contribution in [0.2, 0.25) is 0 Å². The van der Waals surface area contributed by atoms with Gasteiger partial charge in [0.05, 0.1) is 23.4 Å². The molecule has 6 heteroatoms. The molecular weight excluding hydrogens is 404 g/mol. The lowest BCUT2D eigenvalue weighted by atomic mass is 9.98. The van der Waals surface area contributed by atoms with Crippen LogP contribution in [0.5, 0.6) is 11.5 Å². The Hall–Kier alpha value is -2.73. The van der Waals surface area contributed by atoms with Gasteiger partial charge in [-0.1, -0.05) is 45.1 Å². The Kier molecular flexibility index (Phi) is 7.03. The van der Waals surface area contributed by atoms with E-state index in [-0.39, 0.29) is 34.7 Å². The predicted molar refractivity (Wildman–Crippen MR) is 129 cm³/mol. The Morgan fingerprint density at radius 1 is 1.34 bits per heavy atom. The Bertz CT molecular complexity index is 949. The molecule has 174 valence electrons. The van der Waals surface area contributed by atoms with Crippen molar-refractivity contribution in [3.63, 3.8) is 0 Å². The second-order valence-corrected chi connectivity index (χ2v) is 9.65. The van der Waals surface area contributed by atoms with Gasteiger partial charge in [0.1, 0.15) is 23.3 Å². The van der Waals surface area contributed by atoms with E-state index in [9.17, 15) is 15.0 Å². The summed E-state index contributed by atoms with van der Waals surface area (Å²) in [4.78, 5) is 14.6. The fourth-order valence-electron chi connectivity index (χ4n) is 4.15. The molecule has 6 nitrogen and oxygen atoms in total. The smallest absolute Gasteiger partial charge is 0.259 e. The van der Waals surface area contributed by atoms with Crippen molar-refractivity contribution in [2.45, 2.75) is 71.5 Å². The molecule has 0 aromatic heterocycles. The summed E-state index contributed by atoms with van der Waals surface area (Å²) in [5.41, 5.74) is 2.33. The van der Waals surface area contributed by atoms with Crippen LogP contribution < -0.4 is 10.2 Å². The average Bonchev–Trinajstić information content (AvgIpc) is 3.36. The van der Waals surface area contributed by atoms with E-state index in [1.165, 1.54) is 35.4 Å². The summed E-state index contributed by atoms with van der Waals surface area (Å²) >= 11 is 0. The van der Waals surface area contributed by atoms with Crippen LogP contribution in [0.15, 0.2) is 48.2 Å². The minimum absolute atomic E-state index is 0.128. The third-order valence-electron chi connectivity index (χ3n) is 6.39. The first kappa shape index (κ1) is 23.9. The monoisotopic (exact) mass is 440 g/mol. The quantitative estimate of drug-likeness (QED) is 0.152. The second kappa shape index (κ2) is 9.41. The highest BCUT2D eigenvalue weighted by atomic mass is 16.6. The van der Waals surface area contributed by atoms with Crippen molar-refractivity contribution in [1.82, 2.24) is 0 Å². The molecule has 3 N–H and O–H groups in total. The van der Waals surface area contributed by atoms with Gasteiger partial charge in [-0.05, 0) is 45.4 Å². The molecule has 1 fully saturated rings. The zero-order valence-electron chi connectivity index (χ0n) is 19.7. The molecule has 2 atom stereocenters.